The lowest BCUT2D eigenvalue weighted by molar-refractivity contribution is -0.136. The van der Waals surface area contributed by atoms with Gasteiger partial charge in [0.2, 0.25) is 0 Å². The molecule has 0 unspecified atom stereocenters. The lowest BCUT2D eigenvalue weighted by Crippen LogP contribution is -2.09. The average molecular weight is 324 g/mol. The van der Waals surface area contributed by atoms with Crippen LogP contribution in [0, 0.1) is 0 Å². The summed E-state index contributed by atoms with van der Waals surface area (Å²) in [4.78, 5) is 11.8. The van der Waals surface area contributed by atoms with Crippen LogP contribution in [-0.2, 0) is 27.5 Å². The second-order valence-electron chi connectivity index (χ2n) is 4.69. The zero-order valence-electron chi connectivity index (χ0n) is 11.4. The van der Waals surface area contributed by atoms with Crippen molar-refractivity contribution in [2.45, 2.75) is 24.2 Å². The second kappa shape index (κ2) is 6.87. The SMILES string of the molecule is O=C(O)CCc1ccc(S(=O)(=O)CCc2cccs2)cc1. The van der Waals surface area contributed by atoms with Crippen molar-refractivity contribution in [1.29, 1.82) is 0 Å². The van der Waals surface area contributed by atoms with Gasteiger partial charge in [0.05, 0.1) is 10.6 Å². The number of rotatable bonds is 7. The van der Waals surface area contributed by atoms with Gasteiger partial charge in [-0.2, -0.15) is 0 Å². The molecule has 0 spiro atoms. The van der Waals surface area contributed by atoms with Gasteiger partial charge in [-0.1, -0.05) is 18.2 Å². The summed E-state index contributed by atoms with van der Waals surface area (Å²) in [6, 6.07) is 10.3. The van der Waals surface area contributed by atoms with Gasteiger partial charge in [-0.05, 0) is 42.0 Å². The Morgan fingerprint density at radius 2 is 1.81 bits per heavy atom. The number of hydrogen-bond donors (Lipinski definition) is 1. The third kappa shape index (κ3) is 4.68. The first kappa shape index (κ1) is 15.7. The molecular weight excluding hydrogens is 308 g/mol. The molecule has 2 rings (SSSR count). The van der Waals surface area contributed by atoms with Crippen molar-refractivity contribution in [3.8, 4) is 0 Å². The number of hydrogen-bond acceptors (Lipinski definition) is 4. The van der Waals surface area contributed by atoms with E-state index < -0.39 is 15.8 Å². The Morgan fingerprint density at radius 3 is 2.38 bits per heavy atom. The molecule has 112 valence electrons. The number of carbonyl (C=O) groups is 1. The van der Waals surface area contributed by atoms with Crippen molar-refractivity contribution in [1.82, 2.24) is 0 Å². The maximum atomic E-state index is 12.2. The number of aryl methyl sites for hydroxylation is 2. The van der Waals surface area contributed by atoms with Crippen molar-refractivity contribution >= 4 is 27.1 Å². The molecule has 0 fully saturated rings. The largest absolute Gasteiger partial charge is 0.481 e. The smallest absolute Gasteiger partial charge is 0.303 e. The van der Waals surface area contributed by atoms with Crippen LogP contribution in [0.5, 0.6) is 0 Å². The predicted molar refractivity (Wildman–Crippen MR) is 82.5 cm³/mol. The van der Waals surface area contributed by atoms with E-state index in [4.69, 9.17) is 5.11 Å². The molecule has 1 N–H and O–H groups in total. The number of thiophene rings is 1. The van der Waals surface area contributed by atoms with E-state index in [-0.39, 0.29) is 17.1 Å². The Hall–Kier alpha value is -1.66. The Kier molecular flexibility index (Phi) is 5.14. The van der Waals surface area contributed by atoms with Crippen LogP contribution in [-0.4, -0.2) is 25.2 Å². The summed E-state index contributed by atoms with van der Waals surface area (Å²) in [5.74, 6) is -0.773. The van der Waals surface area contributed by atoms with Crippen LogP contribution in [0.2, 0.25) is 0 Å². The fourth-order valence-electron chi connectivity index (χ4n) is 1.92. The van der Waals surface area contributed by atoms with Crippen LogP contribution in [0.4, 0.5) is 0 Å². The Labute approximate surface area is 128 Å². The summed E-state index contributed by atoms with van der Waals surface area (Å²) in [6.07, 6.45) is 0.968. The molecule has 0 saturated heterocycles. The molecule has 1 aromatic heterocycles. The molecule has 0 aliphatic heterocycles. The molecular formula is C15H16O4S2. The summed E-state index contributed by atoms with van der Waals surface area (Å²) in [5.41, 5.74) is 0.828. The molecule has 0 atom stereocenters. The Bertz CT molecular complexity index is 686. The standard InChI is InChI=1S/C15H16O4S2/c16-15(17)8-5-12-3-6-14(7-4-12)21(18,19)11-9-13-2-1-10-20-13/h1-4,6-7,10H,5,8-9,11H2,(H,16,17). The third-order valence-corrected chi connectivity index (χ3v) is 5.78. The summed E-state index contributed by atoms with van der Waals surface area (Å²) in [7, 11) is -3.29. The highest BCUT2D eigenvalue weighted by atomic mass is 32.2. The number of sulfone groups is 1. The van der Waals surface area contributed by atoms with Gasteiger partial charge in [-0.25, -0.2) is 8.42 Å². The summed E-state index contributed by atoms with van der Waals surface area (Å²) < 4.78 is 24.4. The summed E-state index contributed by atoms with van der Waals surface area (Å²) >= 11 is 1.55. The first-order valence-electron chi connectivity index (χ1n) is 6.53. The zero-order chi connectivity index (χ0) is 15.3. The maximum Gasteiger partial charge on any atom is 0.303 e. The second-order valence-corrected chi connectivity index (χ2v) is 7.83. The number of aliphatic carboxylic acids is 1. The van der Waals surface area contributed by atoms with Gasteiger partial charge in [0.15, 0.2) is 9.84 Å². The third-order valence-electron chi connectivity index (χ3n) is 3.11. The van der Waals surface area contributed by atoms with E-state index in [0.717, 1.165) is 10.4 Å². The molecule has 2 aromatic rings. The lowest BCUT2D eigenvalue weighted by Gasteiger charge is -2.05. The van der Waals surface area contributed by atoms with Gasteiger partial charge in [0.1, 0.15) is 0 Å². The summed E-state index contributed by atoms with van der Waals surface area (Å²) in [5, 5.41) is 10.6. The van der Waals surface area contributed by atoms with E-state index in [1.54, 1.807) is 35.6 Å². The van der Waals surface area contributed by atoms with Gasteiger partial charge in [-0.3, -0.25) is 4.79 Å². The highest BCUT2D eigenvalue weighted by Gasteiger charge is 2.14. The average Bonchev–Trinajstić information content (AvgIpc) is 2.97. The number of benzene rings is 1. The molecule has 1 aromatic carbocycles. The molecule has 6 heteroatoms. The Balaban J connectivity index is 2.01. The molecule has 21 heavy (non-hydrogen) atoms. The van der Waals surface area contributed by atoms with Crippen molar-refractivity contribution in [2.75, 3.05) is 5.75 Å². The van der Waals surface area contributed by atoms with Crippen LogP contribution in [0.25, 0.3) is 0 Å². The van der Waals surface area contributed by atoms with Crippen LogP contribution in [0.15, 0.2) is 46.7 Å². The normalized spacial score (nSPS) is 11.4. The van der Waals surface area contributed by atoms with Gasteiger partial charge in [-0.15, -0.1) is 11.3 Å². The van der Waals surface area contributed by atoms with E-state index in [1.807, 2.05) is 17.5 Å². The van der Waals surface area contributed by atoms with Gasteiger partial charge in [0.25, 0.3) is 0 Å². The molecule has 1 heterocycles. The fraction of sp³-hybridized carbons (Fsp3) is 0.267. The number of carboxylic acids is 1. The molecule has 4 nitrogen and oxygen atoms in total. The predicted octanol–water partition coefficient (Wildman–Crippen LogP) is 2.78. The number of carboxylic acid groups (broad SMARTS) is 1. The monoisotopic (exact) mass is 324 g/mol. The topological polar surface area (TPSA) is 71.4 Å². The molecule has 0 radical (unpaired) electrons. The van der Waals surface area contributed by atoms with Crippen LogP contribution >= 0.6 is 11.3 Å². The van der Waals surface area contributed by atoms with Crippen molar-refractivity contribution in [2.24, 2.45) is 0 Å². The quantitative estimate of drug-likeness (QED) is 0.850. The van der Waals surface area contributed by atoms with E-state index in [1.165, 1.54) is 0 Å². The van der Waals surface area contributed by atoms with Crippen molar-refractivity contribution in [3.05, 3.63) is 52.2 Å². The van der Waals surface area contributed by atoms with E-state index in [2.05, 4.69) is 0 Å². The van der Waals surface area contributed by atoms with Gasteiger partial charge in [0, 0.05) is 11.3 Å². The maximum absolute atomic E-state index is 12.2. The summed E-state index contributed by atoms with van der Waals surface area (Å²) in [6.45, 7) is 0. The highest BCUT2D eigenvalue weighted by Crippen LogP contribution is 2.17. The van der Waals surface area contributed by atoms with E-state index in [9.17, 15) is 13.2 Å². The van der Waals surface area contributed by atoms with E-state index >= 15 is 0 Å². The molecule has 0 aliphatic rings. The molecule has 0 saturated carbocycles. The zero-order valence-corrected chi connectivity index (χ0v) is 13.0. The minimum absolute atomic E-state index is 0.0461. The Morgan fingerprint density at radius 1 is 1.10 bits per heavy atom. The minimum atomic E-state index is -3.29. The molecule has 0 bridgehead atoms. The van der Waals surface area contributed by atoms with Crippen molar-refractivity contribution in [3.63, 3.8) is 0 Å². The molecule has 0 aliphatic carbocycles. The van der Waals surface area contributed by atoms with E-state index in [0.29, 0.717) is 12.8 Å². The fourth-order valence-corrected chi connectivity index (χ4v) is 4.04. The minimum Gasteiger partial charge on any atom is -0.481 e. The van der Waals surface area contributed by atoms with Crippen LogP contribution < -0.4 is 0 Å². The van der Waals surface area contributed by atoms with Gasteiger partial charge < -0.3 is 5.11 Å². The first-order chi connectivity index (χ1) is 9.97. The first-order valence-corrected chi connectivity index (χ1v) is 9.06. The molecule has 0 amide bonds. The van der Waals surface area contributed by atoms with Gasteiger partial charge >= 0.3 is 5.97 Å². The highest BCUT2D eigenvalue weighted by molar-refractivity contribution is 7.91. The lowest BCUT2D eigenvalue weighted by atomic mass is 10.1. The van der Waals surface area contributed by atoms with Crippen LogP contribution in [0.3, 0.4) is 0 Å². The van der Waals surface area contributed by atoms with Crippen molar-refractivity contribution < 1.29 is 18.3 Å². The van der Waals surface area contributed by atoms with Crippen LogP contribution in [0.1, 0.15) is 16.9 Å².